The standard InChI is InChI=1S/C14H11N3O/c1-17-9-15-7-14(17)13-6-10(8-18)11-4-2-3-5-12(11)16-13/h2-9H,1H3. The Kier molecular flexibility index (Phi) is 2.41. The Morgan fingerprint density at radius 3 is 2.83 bits per heavy atom. The van der Waals surface area contributed by atoms with Gasteiger partial charge in [-0.05, 0) is 12.1 Å². The average molecular weight is 237 g/mol. The van der Waals surface area contributed by atoms with Gasteiger partial charge in [-0.2, -0.15) is 0 Å². The summed E-state index contributed by atoms with van der Waals surface area (Å²) in [5.74, 6) is 0. The van der Waals surface area contributed by atoms with Gasteiger partial charge < -0.3 is 4.57 Å². The topological polar surface area (TPSA) is 47.8 Å². The van der Waals surface area contributed by atoms with Crippen LogP contribution in [-0.2, 0) is 7.05 Å². The van der Waals surface area contributed by atoms with Crippen molar-refractivity contribution < 1.29 is 4.79 Å². The second-order valence-corrected chi connectivity index (χ2v) is 4.12. The number of fused-ring (bicyclic) bond motifs is 1. The highest BCUT2D eigenvalue weighted by Crippen LogP contribution is 2.23. The predicted molar refractivity (Wildman–Crippen MR) is 69.3 cm³/mol. The number of carbonyl (C=O) groups is 1. The number of carbonyl (C=O) groups excluding carboxylic acids is 1. The van der Waals surface area contributed by atoms with Gasteiger partial charge in [0, 0.05) is 18.0 Å². The van der Waals surface area contributed by atoms with Gasteiger partial charge in [-0.15, -0.1) is 0 Å². The van der Waals surface area contributed by atoms with E-state index in [9.17, 15) is 4.79 Å². The quantitative estimate of drug-likeness (QED) is 0.643. The van der Waals surface area contributed by atoms with Gasteiger partial charge >= 0.3 is 0 Å². The van der Waals surface area contributed by atoms with Gasteiger partial charge in [0.15, 0.2) is 6.29 Å². The summed E-state index contributed by atoms with van der Waals surface area (Å²) < 4.78 is 1.88. The lowest BCUT2D eigenvalue weighted by Crippen LogP contribution is -1.95. The van der Waals surface area contributed by atoms with Crippen LogP contribution < -0.4 is 0 Å². The number of aromatic nitrogens is 3. The summed E-state index contributed by atoms with van der Waals surface area (Å²) in [5.41, 5.74) is 3.12. The molecule has 0 bridgehead atoms. The molecule has 0 aliphatic heterocycles. The molecule has 4 nitrogen and oxygen atoms in total. The van der Waals surface area contributed by atoms with Crippen LogP contribution in [0.2, 0.25) is 0 Å². The van der Waals surface area contributed by atoms with Crippen molar-refractivity contribution in [2.75, 3.05) is 0 Å². The van der Waals surface area contributed by atoms with E-state index in [1.54, 1.807) is 18.6 Å². The molecule has 2 aromatic heterocycles. The van der Waals surface area contributed by atoms with Crippen molar-refractivity contribution in [3.63, 3.8) is 0 Å². The maximum atomic E-state index is 11.2. The maximum absolute atomic E-state index is 11.2. The van der Waals surface area contributed by atoms with Gasteiger partial charge in [-0.1, -0.05) is 18.2 Å². The zero-order chi connectivity index (χ0) is 12.5. The van der Waals surface area contributed by atoms with E-state index in [0.29, 0.717) is 5.56 Å². The van der Waals surface area contributed by atoms with Crippen LogP contribution in [0.3, 0.4) is 0 Å². The number of nitrogens with zero attached hydrogens (tertiary/aromatic N) is 3. The summed E-state index contributed by atoms with van der Waals surface area (Å²) in [6, 6.07) is 9.42. The molecular formula is C14H11N3O. The summed E-state index contributed by atoms with van der Waals surface area (Å²) >= 11 is 0. The van der Waals surface area contributed by atoms with E-state index in [2.05, 4.69) is 9.97 Å². The Morgan fingerprint density at radius 2 is 2.11 bits per heavy atom. The van der Waals surface area contributed by atoms with E-state index in [1.807, 2.05) is 35.9 Å². The summed E-state index contributed by atoms with van der Waals surface area (Å²) in [6.07, 6.45) is 4.32. The number of aryl methyl sites for hydroxylation is 1. The number of pyridine rings is 1. The average Bonchev–Trinajstić information content (AvgIpc) is 2.83. The van der Waals surface area contributed by atoms with Crippen LogP contribution in [0.5, 0.6) is 0 Å². The lowest BCUT2D eigenvalue weighted by atomic mass is 10.1. The summed E-state index contributed by atoms with van der Waals surface area (Å²) in [7, 11) is 1.90. The number of hydrogen-bond acceptors (Lipinski definition) is 3. The molecule has 2 heterocycles. The molecule has 0 radical (unpaired) electrons. The van der Waals surface area contributed by atoms with Crippen LogP contribution in [0.15, 0.2) is 42.9 Å². The van der Waals surface area contributed by atoms with Crippen molar-refractivity contribution >= 4 is 17.2 Å². The lowest BCUT2D eigenvalue weighted by Gasteiger charge is -2.06. The first-order chi connectivity index (χ1) is 8.79. The Bertz CT molecular complexity index is 731. The second kappa shape index (κ2) is 4.07. The highest BCUT2D eigenvalue weighted by molar-refractivity contribution is 5.97. The Labute approximate surface area is 104 Å². The first-order valence-corrected chi connectivity index (χ1v) is 5.61. The van der Waals surface area contributed by atoms with Gasteiger partial charge in [-0.25, -0.2) is 9.97 Å². The van der Waals surface area contributed by atoms with Gasteiger partial charge in [0.2, 0.25) is 0 Å². The van der Waals surface area contributed by atoms with Crippen LogP contribution in [-0.4, -0.2) is 20.8 Å². The molecular weight excluding hydrogens is 226 g/mol. The van der Waals surface area contributed by atoms with E-state index >= 15 is 0 Å². The minimum atomic E-state index is 0.650. The minimum absolute atomic E-state index is 0.650. The van der Waals surface area contributed by atoms with Gasteiger partial charge in [-0.3, -0.25) is 4.79 Å². The zero-order valence-electron chi connectivity index (χ0n) is 9.87. The second-order valence-electron chi connectivity index (χ2n) is 4.12. The number of imidazole rings is 1. The zero-order valence-corrected chi connectivity index (χ0v) is 9.87. The molecule has 0 aliphatic rings. The molecule has 0 saturated heterocycles. The fraction of sp³-hybridized carbons (Fsp3) is 0.0714. The van der Waals surface area contributed by atoms with Crippen molar-refractivity contribution in [2.24, 2.45) is 7.05 Å². The monoisotopic (exact) mass is 237 g/mol. The third kappa shape index (κ3) is 1.59. The first kappa shape index (κ1) is 10.7. The van der Waals surface area contributed by atoms with Gasteiger partial charge in [0.05, 0.1) is 29.4 Å². The molecule has 3 rings (SSSR count). The number of para-hydroxylation sites is 1. The molecule has 3 aromatic rings. The Morgan fingerprint density at radius 1 is 1.28 bits per heavy atom. The van der Waals surface area contributed by atoms with Crippen LogP contribution >= 0.6 is 0 Å². The lowest BCUT2D eigenvalue weighted by molar-refractivity contribution is 0.112. The molecule has 1 aromatic carbocycles. The smallest absolute Gasteiger partial charge is 0.150 e. The third-order valence-corrected chi connectivity index (χ3v) is 2.95. The molecule has 4 heteroatoms. The Hall–Kier alpha value is -2.49. The van der Waals surface area contributed by atoms with Crippen LogP contribution in [0.1, 0.15) is 10.4 Å². The molecule has 0 spiro atoms. The van der Waals surface area contributed by atoms with Crippen molar-refractivity contribution in [3.8, 4) is 11.4 Å². The molecule has 0 unspecified atom stereocenters. The normalized spacial score (nSPS) is 10.7. The summed E-state index contributed by atoms with van der Waals surface area (Å²) in [6.45, 7) is 0. The number of hydrogen-bond donors (Lipinski definition) is 0. The fourth-order valence-electron chi connectivity index (χ4n) is 2.04. The minimum Gasteiger partial charge on any atom is -0.332 e. The van der Waals surface area contributed by atoms with Crippen LogP contribution in [0.4, 0.5) is 0 Å². The Balaban J connectivity index is 2.32. The highest BCUT2D eigenvalue weighted by atomic mass is 16.1. The molecule has 0 N–H and O–H groups in total. The number of benzene rings is 1. The van der Waals surface area contributed by atoms with E-state index in [-0.39, 0.29) is 0 Å². The van der Waals surface area contributed by atoms with Gasteiger partial charge in [0.1, 0.15) is 0 Å². The van der Waals surface area contributed by atoms with E-state index in [1.165, 1.54) is 0 Å². The maximum Gasteiger partial charge on any atom is 0.150 e. The molecule has 0 fully saturated rings. The molecule has 0 saturated carbocycles. The molecule has 88 valence electrons. The fourth-order valence-corrected chi connectivity index (χ4v) is 2.04. The summed E-state index contributed by atoms with van der Waals surface area (Å²) in [5, 5.41) is 0.874. The predicted octanol–water partition coefficient (Wildman–Crippen LogP) is 2.45. The third-order valence-electron chi connectivity index (χ3n) is 2.95. The van der Waals surface area contributed by atoms with Crippen LogP contribution in [0.25, 0.3) is 22.3 Å². The van der Waals surface area contributed by atoms with Crippen molar-refractivity contribution in [3.05, 3.63) is 48.4 Å². The molecule has 0 aliphatic carbocycles. The van der Waals surface area contributed by atoms with Crippen molar-refractivity contribution in [1.82, 2.24) is 14.5 Å². The molecule has 18 heavy (non-hydrogen) atoms. The van der Waals surface area contributed by atoms with Crippen molar-refractivity contribution in [2.45, 2.75) is 0 Å². The SMILES string of the molecule is Cn1cncc1-c1cc(C=O)c2ccccc2n1. The first-order valence-electron chi connectivity index (χ1n) is 5.61. The van der Waals surface area contributed by atoms with Crippen molar-refractivity contribution in [1.29, 1.82) is 0 Å². The van der Waals surface area contributed by atoms with Crippen LogP contribution in [0, 0.1) is 0 Å². The number of aldehydes is 1. The largest absolute Gasteiger partial charge is 0.332 e. The van der Waals surface area contributed by atoms with E-state index in [4.69, 9.17) is 0 Å². The number of rotatable bonds is 2. The highest BCUT2D eigenvalue weighted by Gasteiger charge is 2.08. The summed E-state index contributed by atoms with van der Waals surface area (Å²) in [4.78, 5) is 19.8. The van der Waals surface area contributed by atoms with E-state index in [0.717, 1.165) is 28.6 Å². The van der Waals surface area contributed by atoms with Gasteiger partial charge in [0.25, 0.3) is 0 Å². The molecule has 0 atom stereocenters. The molecule has 0 amide bonds. The van der Waals surface area contributed by atoms with E-state index < -0.39 is 0 Å².